The normalized spacial score (nSPS) is 15.8. The lowest BCUT2D eigenvalue weighted by atomic mass is 10.2. The number of nitrogens with zero attached hydrogens (tertiary/aromatic N) is 2. The van der Waals surface area contributed by atoms with E-state index in [4.69, 9.17) is 0 Å². The summed E-state index contributed by atoms with van der Waals surface area (Å²) >= 11 is 1.45. The number of carbonyl (C=O) groups is 1. The maximum Gasteiger partial charge on any atom is 0.263 e. The van der Waals surface area contributed by atoms with Gasteiger partial charge in [0.25, 0.3) is 5.91 Å². The number of aromatic nitrogens is 2. The Labute approximate surface area is 116 Å². The molecule has 1 saturated carbocycles. The van der Waals surface area contributed by atoms with Gasteiger partial charge in [-0.05, 0) is 31.9 Å². The fourth-order valence-electron chi connectivity index (χ4n) is 2.49. The third kappa shape index (κ3) is 2.56. The van der Waals surface area contributed by atoms with Gasteiger partial charge in [0.05, 0.1) is 5.69 Å². The lowest BCUT2D eigenvalue weighted by molar-refractivity contribution is 0.0941. The number of thiazole rings is 1. The summed E-state index contributed by atoms with van der Waals surface area (Å²) in [5.41, 5.74) is 0.809. The summed E-state index contributed by atoms with van der Waals surface area (Å²) < 4.78 is 1.93. The maximum atomic E-state index is 12.3. The molecule has 0 aliphatic heterocycles. The topological polar surface area (TPSA) is 46.9 Å². The van der Waals surface area contributed by atoms with E-state index in [2.05, 4.69) is 10.3 Å². The molecular formula is C14H17N3OS. The van der Waals surface area contributed by atoms with Gasteiger partial charge in [-0.1, -0.05) is 24.2 Å². The quantitative estimate of drug-likeness (QED) is 0.936. The first kappa shape index (κ1) is 12.4. The van der Waals surface area contributed by atoms with Crippen LogP contribution < -0.4 is 5.32 Å². The second-order valence-electron chi connectivity index (χ2n) is 4.96. The van der Waals surface area contributed by atoms with E-state index in [0.29, 0.717) is 6.04 Å². The molecule has 0 spiro atoms. The number of aryl methyl sites for hydroxylation is 1. The number of rotatable bonds is 3. The van der Waals surface area contributed by atoms with E-state index in [1.54, 1.807) is 0 Å². The maximum absolute atomic E-state index is 12.3. The minimum Gasteiger partial charge on any atom is -0.349 e. The molecule has 0 radical (unpaired) electrons. The van der Waals surface area contributed by atoms with Gasteiger partial charge in [-0.15, -0.1) is 0 Å². The van der Waals surface area contributed by atoms with Crippen molar-refractivity contribution in [3.63, 3.8) is 0 Å². The molecule has 0 unspecified atom stereocenters. The fourth-order valence-corrected chi connectivity index (χ4v) is 3.42. The van der Waals surface area contributed by atoms with Crippen LogP contribution in [0.1, 0.15) is 41.0 Å². The largest absolute Gasteiger partial charge is 0.349 e. The van der Waals surface area contributed by atoms with Gasteiger partial charge in [0.1, 0.15) is 4.88 Å². The first-order chi connectivity index (χ1) is 9.24. The van der Waals surface area contributed by atoms with Gasteiger partial charge >= 0.3 is 0 Å². The molecule has 2 heterocycles. The molecule has 1 aliphatic rings. The van der Waals surface area contributed by atoms with Crippen molar-refractivity contribution in [2.45, 2.75) is 38.6 Å². The summed E-state index contributed by atoms with van der Waals surface area (Å²) in [5, 5.41) is 3.96. The Bertz CT molecular complexity index is 568. The lowest BCUT2D eigenvalue weighted by Gasteiger charge is -2.10. The number of nitrogens with one attached hydrogen (secondary N) is 1. The zero-order valence-electron chi connectivity index (χ0n) is 10.9. The Kier molecular flexibility index (Phi) is 3.38. The van der Waals surface area contributed by atoms with Crippen molar-refractivity contribution in [1.29, 1.82) is 0 Å². The summed E-state index contributed by atoms with van der Waals surface area (Å²) in [5.74, 6) is 0.0281. The average molecular weight is 275 g/mol. The minimum absolute atomic E-state index is 0.0281. The number of amides is 1. The summed E-state index contributed by atoms with van der Waals surface area (Å²) in [6.45, 7) is 1.90. The van der Waals surface area contributed by atoms with E-state index in [9.17, 15) is 4.79 Å². The molecule has 0 atom stereocenters. The Morgan fingerprint density at radius 3 is 2.74 bits per heavy atom. The molecule has 3 rings (SSSR count). The molecule has 100 valence electrons. The molecule has 5 heteroatoms. The van der Waals surface area contributed by atoms with E-state index in [0.717, 1.165) is 28.5 Å². The van der Waals surface area contributed by atoms with E-state index < -0.39 is 0 Å². The van der Waals surface area contributed by atoms with Crippen LogP contribution in [0.25, 0.3) is 5.13 Å². The van der Waals surface area contributed by atoms with Crippen LogP contribution in [0.4, 0.5) is 0 Å². The standard InChI is InChI=1S/C14H17N3OS/c1-10-12(13(18)16-11-6-2-3-7-11)19-14(15-10)17-8-4-5-9-17/h4-5,8-9,11H,2-3,6-7H2,1H3,(H,16,18). The van der Waals surface area contributed by atoms with Crippen LogP contribution in [0.5, 0.6) is 0 Å². The second-order valence-corrected chi connectivity index (χ2v) is 5.93. The molecule has 0 bridgehead atoms. The van der Waals surface area contributed by atoms with Gasteiger partial charge in [-0.25, -0.2) is 4.98 Å². The molecule has 2 aromatic heterocycles. The summed E-state index contributed by atoms with van der Waals surface area (Å²) in [6, 6.07) is 4.26. The number of hydrogen-bond donors (Lipinski definition) is 1. The van der Waals surface area contributed by atoms with Crippen LogP contribution >= 0.6 is 11.3 Å². The van der Waals surface area contributed by atoms with Crippen molar-refractivity contribution in [1.82, 2.24) is 14.9 Å². The van der Waals surface area contributed by atoms with Crippen LogP contribution in [-0.2, 0) is 0 Å². The summed E-state index contributed by atoms with van der Waals surface area (Å²) in [6.07, 6.45) is 8.54. The molecule has 19 heavy (non-hydrogen) atoms. The highest BCUT2D eigenvalue weighted by Crippen LogP contribution is 2.23. The van der Waals surface area contributed by atoms with E-state index >= 15 is 0 Å². The van der Waals surface area contributed by atoms with E-state index in [1.807, 2.05) is 36.0 Å². The first-order valence-electron chi connectivity index (χ1n) is 6.65. The Morgan fingerprint density at radius 2 is 2.05 bits per heavy atom. The minimum atomic E-state index is 0.0281. The Balaban J connectivity index is 1.78. The Morgan fingerprint density at radius 1 is 1.37 bits per heavy atom. The smallest absolute Gasteiger partial charge is 0.263 e. The first-order valence-corrected chi connectivity index (χ1v) is 7.47. The fraction of sp³-hybridized carbons (Fsp3) is 0.429. The molecular weight excluding hydrogens is 258 g/mol. The predicted octanol–water partition coefficient (Wildman–Crippen LogP) is 2.91. The predicted molar refractivity (Wildman–Crippen MR) is 75.9 cm³/mol. The highest BCUT2D eigenvalue weighted by Gasteiger charge is 2.21. The van der Waals surface area contributed by atoms with Crippen LogP contribution in [0, 0.1) is 6.92 Å². The highest BCUT2D eigenvalue weighted by molar-refractivity contribution is 7.16. The number of carbonyl (C=O) groups excluding carboxylic acids is 1. The van der Waals surface area contributed by atoms with Gasteiger partial charge in [0.15, 0.2) is 5.13 Å². The highest BCUT2D eigenvalue weighted by atomic mass is 32.1. The molecule has 1 N–H and O–H groups in total. The average Bonchev–Trinajstić information content (AvgIpc) is 3.07. The SMILES string of the molecule is Cc1nc(-n2cccc2)sc1C(=O)NC1CCCC1. The van der Waals surface area contributed by atoms with Crippen molar-refractivity contribution in [2.75, 3.05) is 0 Å². The zero-order chi connectivity index (χ0) is 13.2. The lowest BCUT2D eigenvalue weighted by Crippen LogP contribution is -2.32. The molecule has 1 fully saturated rings. The van der Waals surface area contributed by atoms with Gasteiger partial charge in [-0.2, -0.15) is 0 Å². The molecule has 1 aliphatic carbocycles. The molecule has 4 nitrogen and oxygen atoms in total. The van der Waals surface area contributed by atoms with Gasteiger partial charge in [0.2, 0.25) is 0 Å². The van der Waals surface area contributed by atoms with Crippen LogP contribution in [-0.4, -0.2) is 21.5 Å². The monoisotopic (exact) mass is 275 g/mol. The molecule has 0 saturated heterocycles. The van der Waals surface area contributed by atoms with Crippen LogP contribution in [0.3, 0.4) is 0 Å². The number of hydrogen-bond acceptors (Lipinski definition) is 3. The molecule has 0 aromatic carbocycles. The van der Waals surface area contributed by atoms with Crippen molar-refractivity contribution >= 4 is 17.2 Å². The van der Waals surface area contributed by atoms with Crippen molar-refractivity contribution < 1.29 is 4.79 Å². The van der Waals surface area contributed by atoms with Crippen molar-refractivity contribution in [2.24, 2.45) is 0 Å². The molecule has 2 aromatic rings. The van der Waals surface area contributed by atoms with Gasteiger partial charge in [-0.3, -0.25) is 4.79 Å². The van der Waals surface area contributed by atoms with Crippen molar-refractivity contribution in [3.05, 3.63) is 35.1 Å². The van der Waals surface area contributed by atoms with Gasteiger partial charge < -0.3 is 9.88 Å². The Hall–Kier alpha value is -1.62. The summed E-state index contributed by atoms with van der Waals surface area (Å²) in [4.78, 5) is 17.5. The van der Waals surface area contributed by atoms with Crippen LogP contribution in [0.15, 0.2) is 24.5 Å². The van der Waals surface area contributed by atoms with Crippen molar-refractivity contribution in [3.8, 4) is 5.13 Å². The zero-order valence-corrected chi connectivity index (χ0v) is 11.7. The van der Waals surface area contributed by atoms with Gasteiger partial charge in [0, 0.05) is 18.4 Å². The molecule has 1 amide bonds. The second kappa shape index (κ2) is 5.17. The van der Waals surface area contributed by atoms with Crippen LogP contribution in [0.2, 0.25) is 0 Å². The third-order valence-electron chi connectivity index (χ3n) is 3.51. The third-order valence-corrected chi connectivity index (χ3v) is 4.68. The summed E-state index contributed by atoms with van der Waals surface area (Å²) in [7, 11) is 0. The van der Waals surface area contributed by atoms with E-state index in [1.165, 1.54) is 24.2 Å². The van der Waals surface area contributed by atoms with E-state index in [-0.39, 0.29) is 5.91 Å².